The molecule has 1 atom stereocenters. The Balaban J connectivity index is 0.691. The zero-order chi connectivity index (χ0) is 46.9. The van der Waals surface area contributed by atoms with Gasteiger partial charge in [-0.05, 0) is 93.3 Å². The largest absolute Gasteiger partial charge is 0.494 e. The number of nitrogens with zero attached hydrogens (tertiary/aromatic N) is 6. The zero-order valence-corrected chi connectivity index (χ0v) is 40.5. The summed E-state index contributed by atoms with van der Waals surface area (Å²) in [7, 11) is -0.882. The number of hydrogen-bond donors (Lipinski definition) is 3. The lowest BCUT2D eigenvalue weighted by atomic mass is 10.00. The molecule has 4 aliphatic heterocycles. The summed E-state index contributed by atoms with van der Waals surface area (Å²) < 4.78 is 30.5. The van der Waals surface area contributed by atoms with Gasteiger partial charge < -0.3 is 44.1 Å². The van der Waals surface area contributed by atoms with E-state index in [-0.39, 0.29) is 24.1 Å². The maximum absolute atomic E-state index is 13.1. The van der Waals surface area contributed by atoms with Gasteiger partial charge in [0, 0.05) is 101 Å². The van der Waals surface area contributed by atoms with E-state index >= 15 is 0 Å². The Kier molecular flexibility index (Phi) is 16.1. The summed E-state index contributed by atoms with van der Waals surface area (Å²) >= 11 is 6.49. The van der Waals surface area contributed by atoms with E-state index < -0.39 is 13.2 Å². The van der Waals surface area contributed by atoms with Crippen molar-refractivity contribution < 1.29 is 33.2 Å². The average Bonchev–Trinajstić information content (AvgIpc) is 3.66. The monoisotopic (exact) mass is 955 g/mol. The van der Waals surface area contributed by atoms with Crippen molar-refractivity contribution in [1.82, 2.24) is 30.0 Å². The first-order chi connectivity index (χ1) is 32.4. The third kappa shape index (κ3) is 12.1. The first-order valence-corrected chi connectivity index (χ1v) is 26.4. The van der Waals surface area contributed by atoms with Crippen molar-refractivity contribution in [3.63, 3.8) is 0 Å². The van der Waals surface area contributed by atoms with E-state index in [2.05, 4.69) is 52.8 Å². The highest BCUT2D eigenvalue weighted by Crippen LogP contribution is 2.39. The lowest BCUT2D eigenvalue weighted by molar-refractivity contribution is -0.136. The number of amides is 3. The third-order valence-corrected chi connectivity index (χ3v) is 15.0. The number of imide groups is 1. The molecular formula is C49H63ClN9O7P. The van der Waals surface area contributed by atoms with Crippen LogP contribution in [-0.2, 0) is 36.6 Å². The number of hydrogen-bond acceptors (Lipinski definition) is 14. The van der Waals surface area contributed by atoms with E-state index in [1.54, 1.807) is 25.3 Å². The van der Waals surface area contributed by atoms with Crippen LogP contribution in [0.3, 0.4) is 0 Å². The Bertz CT molecular complexity index is 2440. The summed E-state index contributed by atoms with van der Waals surface area (Å²) in [6.45, 7) is 13.6. The number of benzene rings is 3. The second-order valence-electron chi connectivity index (χ2n) is 18.0. The zero-order valence-electron chi connectivity index (χ0n) is 38.8. The number of fused-ring (bicyclic) bond motifs is 1. The molecule has 3 N–H and O–H groups in total. The van der Waals surface area contributed by atoms with Crippen LogP contribution in [0.15, 0.2) is 66.9 Å². The molecule has 0 bridgehead atoms. The number of carbonyl (C=O) groups excluding carboxylic acids is 3. The Morgan fingerprint density at radius 3 is 2.36 bits per heavy atom. The van der Waals surface area contributed by atoms with Crippen molar-refractivity contribution in [3.8, 4) is 5.75 Å². The Hall–Kier alpha value is -5.09. The van der Waals surface area contributed by atoms with Gasteiger partial charge in [0.25, 0.3) is 5.91 Å². The van der Waals surface area contributed by atoms with Crippen LogP contribution >= 0.6 is 18.7 Å². The van der Waals surface area contributed by atoms with Gasteiger partial charge in [0.05, 0.1) is 37.9 Å². The highest BCUT2D eigenvalue weighted by atomic mass is 35.5. The van der Waals surface area contributed by atoms with Gasteiger partial charge in [0.15, 0.2) is 5.82 Å². The molecule has 67 heavy (non-hydrogen) atoms. The van der Waals surface area contributed by atoms with E-state index in [9.17, 15) is 18.9 Å². The van der Waals surface area contributed by atoms with Crippen molar-refractivity contribution in [2.75, 3.05) is 108 Å². The van der Waals surface area contributed by atoms with E-state index in [0.717, 1.165) is 106 Å². The molecule has 3 saturated heterocycles. The number of piperazine rings is 1. The Labute approximate surface area is 398 Å². The van der Waals surface area contributed by atoms with Crippen molar-refractivity contribution in [1.29, 1.82) is 0 Å². The number of para-hydroxylation sites is 1. The molecule has 358 valence electrons. The summed E-state index contributed by atoms with van der Waals surface area (Å²) in [6.07, 6.45) is 6.97. The summed E-state index contributed by atoms with van der Waals surface area (Å²) in [5.74, 6) is 0.634. The molecule has 0 aliphatic carbocycles. The molecule has 4 aromatic rings. The smallest absolute Gasteiger partial charge is 0.255 e. The van der Waals surface area contributed by atoms with E-state index in [1.807, 2.05) is 48.5 Å². The highest BCUT2D eigenvalue weighted by Gasteiger charge is 2.39. The second-order valence-corrected chi connectivity index (χ2v) is 21.6. The second kappa shape index (κ2) is 22.3. The molecule has 1 aromatic heterocycles. The number of methoxy groups -OCH3 is 1. The van der Waals surface area contributed by atoms with Crippen LogP contribution in [0.1, 0.15) is 60.0 Å². The van der Waals surface area contributed by atoms with Gasteiger partial charge in [-0.25, -0.2) is 4.98 Å². The van der Waals surface area contributed by atoms with E-state index in [0.29, 0.717) is 79.2 Å². The highest BCUT2D eigenvalue weighted by molar-refractivity contribution is 7.70. The minimum atomic E-state index is -2.54. The normalized spacial score (nSPS) is 18.6. The quantitative estimate of drug-likeness (QED) is 0.0514. The van der Waals surface area contributed by atoms with Gasteiger partial charge in [-0.2, -0.15) is 4.98 Å². The first-order valence-electron chi connectivity index (χ1n) is 23.5. The number of aromatic nitrogens is 2. The number of piperidine rings is 2. The number of carbonyl (C=O) groups is 3. The summed E-state index contributed by atoms with van der Waals surface area (Å²) in [5.41, 5.74) is 5.27. The minimum Gasteiger partial charge on any atom is -0.494 e. The molecule has 4 aliphatic rings. The molecule has 3 amide bonds. The van der Waals surface area contributed by atoms with E-state index in [4.69, 9.17) is 25.8 Å². The number of nitrogens with one attached hydrogen (secondary N) is 3. The topological polar surface area (TPSA) is 171 Å². The molecule has 16 nitrogen and oxygen atoms in total. The van der Waals surface area contributed by atoms with Gasteiger partial charge in [0.2, 0.25) is 17.8 Å². The summed E-state index contributed by atoms with van der Waals surface area (Å²) in [4.78, 5) is 55.5. The number of anilines is 5. The van der Waals surface area contributed by atoms with Crippen LogP contribution in [0.4, 0.5) is 28.8 Å². The predicted molar refractivity (Wildman–Crippen MR) is 262 cm³/mol. The Morgan fingerprint density at radius 2 is 1.61 bits per heavy atom. The molecular weight excluding hydrogens is 893 g/mol. The first kappa shape index (κ1) is 48.4. The fourth-order valence-electron chi connectivity index (χ4n) is 9.59. The lowest BCUT2D eigenvalue weighted by Gasteiger charge is -2.43. The maximum Gasteiger partial charge on any atom is 0.255 e. The molecule has 5 heterocycles. The average molecular weight is 957 g/mol. The Morgan fingerprint density at radius 1 is 0.851 bits per heavy atom. The molecule has 3 fully saturated rings. The summed E-state index contributed by atoms with van der Waals surface area (Å²) in [5, 5.41) is 9.99. The van der Waals surface area contributed by atoms with Crippen molar-refractivity contribution in [3.05, 3.63) is 88.6 Å². The number of aryl methyl sites for hydroxylation is 1. The van der Waals surface area contributed by atoms with Gasteiger partial charge >= 0.3 is 0 Å². The molecule has 1 unspecified atom stereocenters. The van der Waals surface area contributed by atoms with Crippen LogP contribution in [0.25, 0.3) is 0 Å². The number of halogens is 1. The standard InChI is InChI=1S/C49H63ClN9O7P/c1-64-43-31-36(14-15-40(43)53-49-51-32-39(50)46(55-49)52-41-12-4-5-13-44(41)67(2,3)63)57-21-18-35(19-22-57)58-25-23-56(24-26-58)20-8-28-66-30-29-65-27-7-10-34-9-6-11-37-38(34)33-59(48(37)62)42-16-17-45(60)54-47(42)61/h4-6,9,11-15,31-32,35,42H,7-8,10,16-30,33H2,1-3H3,(H,54,60,61)(H2,51,52,53,55). The summed E-state index contributed by atoms with van der Waals surface area (Å²) in [6, 6.07) is 19.4. The molecule has 3 aromatic carbocycles. The molecule has 0 radical (unpaired) electrons. The van der Waals surface area contributed by atoms with Gasteiger partial charge in [-0.3, -0.25) is 24.6 Å². The minimum absolute atomic E-state index is 0.143. The fourth-order valence-corrected chi connectivity index (χ4v) is 10.9. The van der Waals surface area contributed by atoms with Gasteiger partial charge in [0.1, 0.15) is 24.0 Å². The predicted octanol–water partition coefficient (Wildman–Crippen LogP) is 6.28. The van der Waals surface area contributed by atoms with Crippen LogP contribution in [-0.4, -0.2) is 147 Å². The van der Waals surface area contributed by atoms with E-state index in [1.165, 1.54) is 6.20 Å². The molecule has 8 rings (SSSR count). The molecule has 18 heteroatoms. The van der Waals surface area contributed by atoms with Crippen LogP contribution in [0.5, 0.6) is 5.75 Å². The van der Waals surface area contributed by atoms with Gasteiger partial charge in [-0.15, -0.1) is 0 Å². The van der Waals surface area contributed by atoms with Crippen LogP contribution < -0.4 is 30.9 Å². The lowest BCUT2D eigenvalue weighted by Crippen LogP contribution is -2.53. The third-order valence-electron chi connectivity index (χ3n) is 13.2. The number of rotatable bonds is 20. The van der Waals surface area contributed by atoms with Crippen molar-refractivity contribution >= 4 is 70.6 Å². The SMILES string of the molecule is COc1cc(N2CCC(N3CCN(CCCOCCOCCCc4cccc5c4CN(C4CCC(=O)NC4=O)C5=O)CC3)CC2)ccc1Nc1ncc(Cl)c(Nc2ccccc2P(C)(C)=O)n1. The van der Waals surface area contributed by atoms with Gasteiger partial charge in [-0.1, -0.05) is 35.9 Å². The number of ether oxygens (including phenoxy) is 3. The maximum atomic E-state index is 13.1. The van der Waals surface area contributed by atoms with Crippen LogP contribution in [0.2, 0.25) is 5.02 Å². The van der Waals surface area contributed by atoms with Crippen LogP contribution in [0, 0.1) is 0 Å². The van der Waals surface area contributed by atoms with Crippen molar-refractivity contribution in [2.24, 2.45) is 0 Å². The molecule has 0 spiro atoms. The molecule has 0 saturated carbocycles. The fraction of sp³-hybridized carbons (Fsp3) is 0.490. The van der Waals surface area contributed by atoms with Crippen molar-refractivity contribution in [2.45, 2.75) is 63.6 Å².